The van der Waals surface area contributed by atoms with E-state index in [1.54, 1.807) is 17.7 Å². The third-order valence-electron chi connectivity index (χ3n) is 6.00. The van der Waals surface area contributed by atoms with E-state index in [1.165, 1.54) is 21.2 Å². The molecule has 5 aromatic rings. The van der Waals surface area contributed by atoms with Crippen LogP contribution in [0.2, 0.25) is 0 Å². The summed E-state index contributed by atoms with van der Waals surface area (Å²) in [6.07, 6.45) is 2.75. The van der Waals surface area contributed by atoms with Crippen molar-refractivity contribution < 1.29 is 0 Å². The second-order valence-corrected chi connectivity index (χ2v) is 10.4. The number of rotatable bonds is 1. The summed E-state index contributed by atoms with van der Waals surface area (Å²) in [7, 11) is 0. The van der Waals surface area contributed by atoms with E-state index in [2.05, 4.69) is 75.5 Å². The van der Waals surface area contributed by atoms with Gasteiger partial charge in [0.1, 0.15) is 11.2 Å². The molecule has 4 heterocycles. The van der Waals surface area contributed by atoms with Gasteiger partial charge in [0.15, 0.2) is 11.5 Å². The van der Waals surface area contributed by atoms with Gasteiger partial charge in [0.05, 0.1) is 5.39 Å². The summed E-state index contributed by atoms with van der Waals surface area (Å²) in [5, 5.41) is 12.1. The molecule has 0 bridgehead atoms. The van der Waals surface area contributed by atoms with Crippen LogP contribution < -0.4 is 5.32 Å². The lowest BCUT2D eigenvalue weighted by Gasteiger charge is -2.42. The van der Waals surface area contributed by atoms with Gasteiger partial charge >= 0.3 is 0 Å². The molecule has 0 fully saturated rings. The summed E-state index contributed by atoms with van der Waals surface area (Å²) >= 11 is 1.78. The number of nitrogens with one attached hydrogen (secondary N) is 1. The normalized spacial score (nSPS) is 17.6. The number of thiophene rings is 1. The largest absolute Gasteiger partial charge is 0.302 e. The van der Waals surface area contributed by atoms with Crippen molar-refractivity contribution in [2.75, 3.05) is 0 Å². The molecule has 5 nitrogen and oxygen atoms in total. The number of aromatic nitrogens is 4. The molecule has 30 heavy (non-hydrogen) atoms. The molecular weight excluding hydrogens is 390 g/mol. The molecule has 0 saturated carbocycles. The van der Waals surface area contributed by atoms with Crippen LogP contribution in [0.25, 0.3) is 38.0 Å². The molecule has 6 heteroatoms. The molecule has 3 aromatic heterocycles. The average molecular weight is 414 g/mol. The van der Waals surface area contributed by atoms with Gasteiger partial charge in [-0.3, -0.25) is 0 Å². The van der Waals surface area contributed by atoms with Gasteiger partial charge in [-0.15, -0.1) is 16.4 Å². The predicted molar refractivity (Wildman–Crippen MR) is 123 cm³/mol. The zero-order chi connectivity index (χ0) is 20.7. The first-order valence-corrected chi connectivity index (χ1v) is 11.1. The van der Waals surface area contributed by atoms with Gasteiger partial charge in [-0.2, -0.15) is 0 Å². The van der Waals surface area contributed by atoms with Crippen molar-refractivity contribution in [2.45, 2.75) is 45.2 Å². The number of nitrogens with zero attached hydrogens (tertiary/aromatic N) is 4. The average Bonchev–Trinajstić information content (AvgIpc) is 3.27. The van der Waals surface area contributed by atoms with Crippen LogP contribution in [-0.4, -0.2) is 25.1 Å². The Bertz CT molecular complexity index is 1450. The highest BCUT2D eigenvalue weighted by atomic mass is 32.1. The van der Waals surface area contributed by atoms with E-state index >= 15 is 0 Å². The van der Waals surface area contributed by atoms with Gasteiger partial charge in [0.25, 0.3) is 0 Å². The zero-order valence-electron chi connectivity index (χ0n) is 17.5. The zero-order valence-corrected chi connectivity index (χ0v) is 18.3. The Morgan fingerprint density at radius 1 is 1.03 bits per heavy atom. The number of hydrogen-bond donors (Lipinski definition) is 1. The molecule has 0 radical (unpaired) electrons. The second-order valence-electron chi connectivity index (χ2n) is 9.38. The molecule has 0 unspecified atom stereocenters. The van der Waals surface area contributed by atoms with Crippen molar-refractivity contribution in [1.29, 1.82) is 0 Å². The lowest BCUT2D eigenvalue weighted by Crippen LogP contribution is -2.54. The Morgan fingerprint density at radius 3 is 2.70 bits per heavy atom. The monoisotopic (exact) mass is 413 g/mol. The van der Waals surface area contributed by atoms with Gasteiger partial charge in [0, 0.05) is 21.5 Å². The highest BCUT2D eigenvalue weighted by molar-refractivity contribution is 7.19. The van der Waals surface area contributed by atoms with Crippen LogP contribution >= 0.6 is 11.3 Å². The predicted octanol–water partition coefficient (Wildman–Crippen LogP) is 5.32. The Morgan fingerprint density at radius 2 is 1.83 bits per heavy atom. The SMILES string of the molecule is CC1(C)Cc2c(sc3ncn4nc(-c5cccc6ccccc56)nc4c23)C(C)(C)N1. The van der Waals surface area contributed by atoms with E-state index in [0.29, 0.717) is 0 Å². The topological polar surface area (TPSA) is 55.1 Å². The molecule has 1 aliphatic rings. The standard InChI is InChI=1S/C24H23N5S/c1-23(2)12-17-18-21-26-20(16-11-7-9-14-8-5-6-10-15(14)16)27-29(21)13-25-22(18)30-19(17)24(3,4)28-23/h5-11,13,28H,12H2,1-4H3. The Hall–Kier alpha value is -2.83. The lowest BCUT2D eigenvalue weighted by molar-refractivity contribution is 0.248. The van der Waals surface area contributed by atoms with Gasteiger partial charge in [-0.1, -0.05) is 42.5 Å². The number of benzene rings is 2. The molecule has 1 aliphatic heterocycles. The first kappa shape index (κ1) is 18.0. The fourth-order valence-electron chi connectivity index (χ4n) is 5.05. The molecule has 0 atom stereocenters. The van der Waals surface area contributed by atoms with Crippen molar-refractivity contribution in [1.82, 2.24) is 24.9 Å². The third-order valence-corrected chi connectivity index (χ3v) is 7.46. The summed E-state index contributed by atoms with van der Waals surface area (Å²) in [5.74, 6) is 0.744. The summed E-state index contributed by atoms with van der Waals surface area (Å²) in [6.45, 7) is 9.04. The molecule has 0 saturated heterocycles. The second kappa shape index (κ2) is 5.86. The van der Waals surface area contributed by atoms with Crippen LogP contribution in [-0.2, 0) is 12.0 Å². The first-order valence-electron chi connectivity index (χ1n) is 10.3. The maximum Gasteiger partial charge on any atom is 0.182 e. The lowest BCUT2D eigenvalue weighted by atomic mass is 9.82. The maximum atomic E-state index is 5.04. The van der Waals surface area contributed by atoms with Gasteiger partial charge in [-0.05, 0) is 50.5 Å². The Labute approximate surface area is 178 Å². The van der Waals surface area contributed by atoms with Crippen LogP contribution in [0.4, 0.5) is 0 Å². The molecule has 2 aromatic carbocycles. The minimum atomic E-state index is -0.0993. The molecule has 0 aliphatic carbocycles. The molecule has 150 valence electrons. The van der Waals surface area contributed by atoms with Crippen molar-refractivity contribution >= 4 is 38.0 Å². The van der Waals surface area contributed by atoms with E-state index in [4.69, 9.17) is 15.1 Å². The highest BCUT2D eigenvalue weighted by Gasteiger charge is 2.39. The summed E-state index contributed by atoms with van der Waals surface area (Å²) < 4.78 is 1.84. The van der Waals surface area contributed by atoms with Crippen molar-refractivity contribution in [3.63, 3.8) is 0 Å². The summed E-state index contributed by atoms with van der Waals surface area (Å²) in [4.78, 5) is 12.2. The number of fused-ring (bicyclic) bond motifs is 6. The van der Waals surface area contributed by atoms with E-state index < -0.39 is 0 Å². The summed E-state index contributed by atoms with van der Waals surface area (Å²) in [6, 6.07) is 14.7. The fraction of sp³-hybridized carbons (Fsp3) is 0.292. The summed E-state index contributed by atoms with van der Waals surface area (Å²) in [5.41, 5.74) is 3.22. The molecule has 6 rings (SSSR count). The highest BCUT2D eigenvalue weighted by Crippen LogP contribution is 2.44. The molecule has 1 N–H and O–H groups in total. The quantitative estimate of drug-likeness (QED) is 0.404. The van der Waals surface area contributed by atoms with Gasteiger partial charge in [-0.25, -0.2) is 14.5 Å². The smallest absolute Gasteiger partial charge is 0.182 e. The Kier molecular flexibility index (Phi) is 3.51. The first-order chi connectivity index (χ1) is 14.3. The van der Waals surface area contributed by atoms with Crippen LogP contribution in [0.5, 0.6) is 0 Å². The van der Waals surface area contributed by atoms with E-state index in [9.17, 15) is 0 Å². The minimum absolute atomic E-state index is 0.00974. The fourth-order valence-corrected chi connectivity index (χ4v) is 6.27. The number of hydrogen-bond acceptors (Lipinski definition) is 5. The van der Waals surface area contributed by atoms with Crippen LogP contribution in [0, 0.1) is 0 Å². The van der Waals surface area contributed by atoms with Crippen LogP contribution in [0.3, 0.4) is 0 Å². The van der Waals surface area contributed by atoms with Gasteiger partial charge in [0.2, 0.25) is 0 Å². The maximum absolute atomic E-state index is 5.04. The third kappa shape index (κ3) is 2.53. The van der Waals surface area contributed by atoms with E-state index in [0.717, 1.165) is 33.7 Å². The molecule has 0 spiro atoms. The van der Waals surface area contributed by atoms with E-state index in [-0.39, 0.29) is 11.1 Å². The minimum Gasteiger partial charge on any atom is -0.302 e. The van der Waals surface area contributed by atoms with Crippen molar-refractivity contribution in [3.8, 4) is 11.4 Å². The van der Waals surface area contributed by atoms with Gasteiger partial charge < -0.3 is 5.32 Å². The van der Waals surface area contributed by atoms with Crippen molar-refractivity contribution in [2.24, 2.45) is 0 Å². The van der Waals surface area contributed by atoms with E-state index in [1.807, 2.05) is 4.52 Å². The van der Waals surface area contributed by atoms with Crippen LogP contribution in [0.1, 0.15) is 38.1 Å². The molecule has 0 amide bonds. The Balaban J connectivity index is 1.64. The van der Waals surface area contributed by atoms with Crippen LogP contribution in [0.15, 0.2) is 48.8 Å². The molecular formula is C24H23N5S. The van der Waals surface area contributed by atoms with Crippen molar-refractivity contribution in [3.05, 3.63) is 59.2 Å².